The van der Waals surface area contributed by atoms with Crippen LogP contribution in [0.15, 0.2) is 30.3 Å². The molecule has 2 aromatic carbocycles. The molecule has 0 unspecified atom stereocenters. The normalized spacial score (nSPS) is 10.9. The van der Waals surface area contributed by atoms with E-state index in [0.29, 0.717) is 6.07 Å². The summed E-state index contributed by atoms with van der Waals surface area (Å²) in [6.45, 7) is 0. The molecule has 0 aliphatic carbocycles. The van der Waals surface area contributed by atoms with Gasteiger partial charge in [0.15, 0.2) is 0 Å². The summed E-state index contributed by atoms with van der Waals surface area (Å²) in [7, 11) is 0. The van der Waals surface area contributed by atoms with Gasteiger partial charge in [-0.2, -0.15) is 18.4 Å². The quantitative estimate of drug-likeness (QED) is 0.542. The summed E-state index contributed by atoms with van der Waals surface area (Å²) in [4.78, 5) is 12.1. The minimum atomic E-state index is -4.71. The maximum atomic E-state index is 13.1. The number of nitrogens with zero attached hydrogens (tertiary/aromatic N) is 1. The van der Waals surface area contributed by atoms with Crippen LogP contribution in [0.4, 0.5) is 24.5 Å². The van der Waals surface area contributed by atoms with Crippen LogP contribution in [0.1, 0.15) is 21.5 Å². The van der Waals surface area contributed by atoms with Crippen LogP contribution in [0.25, 0.3) is 0 Å². The summed E-state index contributed by atoms with van der Waals surface area (Å²) >= 11 is 11.6. The van der Waals surface area contributed by atoms with Gasteiger partial charge in [0, 0.05) is 5.56 Å². The molecule has 130 valence electrons. The van der Waals surface area contributed by atoms with E-state index in [9.17, 15) is 18.0 Å². The zero-order chi connectivity index (χ0) is 18.8. The van der Waals surface area contributed by atoms with E-state index in [2.05, 4.69) is 10.9 Å². The Morgan fingerprint density at radius 2 is 1.76 bits per heavy atom. The van der Waals surface area contributed by atoms with Gasteiger partial charge in [-0.3, -0.25) is 15.6 Å². The third-order valence-corrected chi connectivity index (χ3v) is 3.73. The molecular weight excluding hydrogens is 380 g/mol. The Morgan fingerprint density at radius 1 is 1.16 bits per heavy atom. The van der Waals surface area contributed by atoms with Crippen LogP contribution in [-0.4, -0.2) is 5.91 Å². The first-order valence-electron chi connectivity index (χ1n) is 6.55. The van der Waals surface area contributed by atoms with Crippen LogP contribution in [0.3, 0.4) is 0 Å². The summed E-state index contributed by atoms with van der Waals surface area (Å²) in [6.07, 6.45) is -4.71. The van der Waals surface area contributed by atoms with Crippen LogP contribution < -0.4 is 16.6 Å². The summed E-state index contributed by atoms with van der Waals surface area (Å²) in [5.41, 5.74) is 8.23. The number of nitrogens with one attached hydrogen (secondary N) is 2. The molecule has 0 saturated heterocycles. The molecule has 0 aromatic heterocycles. The molecular formula is C15H9Cl2F3N4O. The number of nitrogens with two attached hydrogens (primary N) is 1. The maximum absolute atomic E-state index is 13.1. The van der Waals surface area contributed by atoms with Crippen LogP contribution in [-0.2, 0) is 6.18 Å². The average Bonchev–Trinajstić information content (AvgIpc) is 2.56. The number of hydrogen-bond acceptors (Lipinski definition) is 4. The number of amides is 1. The summed E-state index contributed by atoms with van der Waals surface area (Å²) in [5.74, 6) is -0.777. The Bertz CT molecular complexity index is 855. The highest BCUT2D eigenvalue weighted by Gasteiger charge is 2.34. The lowest BCUT2D eigenvalue weighted by Gasteiger charge is -2.15. The molecule has 0 fully saturated rings. The number of rotatable bonds is 3. The fourth-order valence-electron chi connectivity index (χ4n) is 1.87. The first kappa shape index (κ1) is 18.7. The Hall–Kier alpha value is -2.63. The topological polar surface area (TPSA) is 90.9 Å². The zero-order valence-corrected chi connectivity index (χ0v) is 13.7. The lowest BCUT2D eigenvalue weighted by Crippen LogP contribution is -2.30. The number of hydrazine groups is 1. The fraction of sp³-hybridized carbons (Fsp3) is 0.0667. The van der Waals surface area contributed by atoms with Crippen molar-refractivity contribution in [2.45, 2.75) is 6.18 Å². The number of nitrogen functional groups attached to an aromatic ring is 1. The Labute approximate surface area is 150 Å². The van der Waals surface area contributed by atoms with Crippen molar-refractivity contribution in [2.24, 2.45) is 0 Å². The van der Waals surface area contributed by atoms with Gasteiger partial charge in [0.05, 0.1) is 38.6 Å². The number of anilines is 2. The molecule has 0 bridgehead atoms. The predicted octanol–water partition coefficient (Wildman–Crippen LogP) is 4.22. The van der Waals surface area contributed by atoms with Gasteiger partial charge in [-0.1, -0.05) is 23.2 Å². The van der Waals surface area contributed by atoms with E-state index in [-0.39, 0.29) is 26.9 Å². The average molecular weight is 389 g/mol. The van der Waals surface area contributed by atoms with Crippen molar-refractivity contribution in [1.82, 2.24) is 5.43 Å². The maximum Gasteiger partial charge on any atom is 0.418 e. The Morgan fingerprint density at radius 3 is 2.28 bits per heavy atom. The minimum absolute atomic E-state index is 0.00102. The van der Waals surface area contributed by atoms with Gasteiger partial charge >= 0.3 is 6.18 Å². The highest BCUT2D eigenvalue weighted by molar-refractivity contribution is 6.39. The molecule has 1 amide bonds. The van der Waals surface area contributed by atoms with E-state index < -0.39 is 23.3 Å². The lowest BCUT2D eigenvalue weighted by atomic mass is 10.1. The van der Waals surface area contributed by atoms with E-state index in [1.807, 2.05) is 0 Å². The van der Waals surface area contributed by atoms with Crippen molar-refractivity contribution in [2.75, 3.05) is 11.2 Å². The Balaban J connectivity index is 2.24. The van der Waals surface area contributed by atoms with Crippen molar-refractivity contribution in [3.63, 3.8) is 0 Å². The second-order valence-corrected chi connectivity index (χ2v) is 5.62. The van der Waals surface area contributed by atoms with Gasteiger partial charge in [-0.15, -0.1) is 0 Å². The number of carbonyl (C=O) groups is 1. The highest BCUT2D eigenvalue weighted by atomic mass is 35.5. The molecule has 0 radical (unpaired) electrons. The molecule has 0 saturated carbocycles. The zero-order valence-electron chi connectivity index (χ0n) is 12.2. The molecule has 0 atom stereocenters. The number of benzene rings is 2. The van der Waals surface area contributed by atoms with Crippen LogP contribution in [0.5, 0.6) is 0 Å². The molecule has 0 heterocycles. The molecule has 10 heteroatoms. The monoisotopic (exact) mass is 388 g/mol. The van der Waals surface area contributed by atoms with Gasteiger partial charge in [0.1, 0.15) is 0 Å². The lowest BCUT2D eigenvalue weighted by molar-refractivity contribution is -0.137. The van der Waals surface area contributed by atoms with Crippen molar-refractivity contribution in [3.05, 3.63) is 57.1 Å². The standard InChI is InChI=1S/C15H9Cl2F3N4O/c16-10-4-8(5-11(17)13(10)22)14(25)24-23-12-2-1-7(6-21)3-9(12)15(18,19)20/h1-5,23H,22H2,(H,24,25). The van der Waals surface area contributed by atoms with Crippen molar-refractivity contribution in [3.8, 4) is 6.07 Å². The molecule has 2 aromatic rings. The molecule has 0 aliphatic rings. The second kappa shape index (κ2) is 7.09. The number of carbonyl (C=O) groups excluding carboxylic acids is 1. The third kappa shape index (κ3) is 4.26. The van der Waals surface area contributed by atoms with E-state index >= 15 is 0 Å². The molecule has 25 heavy (non-hydrogen) atoms. The molecule has 0 aliphatic heterocycles. The van der Waals surface area contributed by atoms with Crippen LogP contribution in [0, 0.1) is 11.3 Å². The van der Waals surface area contributed by atoms with Crippen LogP contribution >= 0.6 is 23.2 Å². The van der Waals surface area contributed by atoms with E-state index in [0.717, 1.165) is 6.07 Å². The molecule has 2 rings (SSSR count). The first-order valence-corrected chi connectivity index (χ1v) is 7.31. The van der Waals surface area contributed by atoms with Crippen molar-refractivity contribution in [1.29, 1.82) is 5.26 Å². The summed E-state index contributed by atoms with van der Waals surface area (Å²) in [5, 5.41) is 8.79. The van der Waals surface area contributed by atoms with E-state index in [1.165, 1.54) is 18.2 Å². The van der Waals surface area contributed by atoms with Crippen molar-refractivity contribution >= 4 is 40.5 Å². The van der Waals surface area contributed by atoms with E-state index in [1.54, 1.807) is 6.07 Å². The smallest absolute Gasteiger partial charge is 0.396 e. The first-order chi connectivity index (χ1) is 11.6. The van der Waals surface area contributed by atoms with Gasteiger partial charge in [-0.25, -0.2) is 0 Å². The molecule has 5 nitrogen and oxygen atoms in total. The van der Waals surface area contributed by atoms with Crippen molar-refractivity contribution < 1.29 is 18.0 Å². The van der Waals surface area contributed by atoms with Gasteiger partial charge in [-0.05, 0) is 30.3 Å². The predicted molar refractivity (Wildman–Crippen MR) is 88.1 cm³/mol. The second-order valence-electron chi connectivity index (χ2n) is 4.80. The summed E-state index contributed by atoms with van der Waals surface area (Å²) in [6, 6.07) is 6.96. The molecule has 4 N–H and O–H groups in total. The van der Waals surface area contributed by atoms with Gasteiger partial charge in [0.2, 0.25) is 0 Å². The minimum Gasteiger partial charge on any atom is -0.396 e. The number of nitriles is 1. The summed E-state index contributed by atoms with van der Waals surface area (Å²) < 4.78 is 39.2. The fourth-order valence-corrected chi connectivity index (χ4v) is 2.36. The highest BCUT2D eigenvalue weighted by Crippen LogP contribution is 2.35. The largest absolute Gasteiger partial charge is 0.418 e. The van der Waals surface area contributed by atoms with Gasteiger partial charge in [0.25, 0.3) is 5.91 Å². The van der Waals surface area contributed by atoms with Crippen LogP contribution in [0.2, 0.25) is 10.0 Å². The molecule has 0 spiro atoms. The number of halogens is 5. The number of alkyl halides is 3. The third-order valence-electron chi connectivity index (χ3n) is 3.11. The number of hydrogen-bond donors (Lipinski definition) is 3. The van der Waals surface area contributed by atoms with E-state index in [4.69, 9.17) is 34.2 Å². The van der Waals surface area contributed by atoms with Gasteiger partial charge < -0.3 is 5.73 Å². The Kier molecular flexibility index (Phi) is 5.30. The SMILES string of the molecule is N#Cc1ccc(NNC(=O)c2cc(Cl)c(N)c(Cl)c2)c(C(F)(F)F)c1.